The van der Waals surface area contributed by atoms with Crippen LogP contribution in [0.25, 0.3) is 0 Å². The Kier molecular flexibility index (Phi) is 3.35. The SMILES string of the molecule is FC(F)(F)c1ccc(I)c(Cl)c1Cl. The Morgan fingerprint density at radius 1 is 1.08 bits per heavy atom. The summed E-state index contributed by atoms with van der Waals surface area (Å²) in [5, 5.41) is -0.502. The summed E-state index contributed by atoms with van der Waals surface area (Å²) in [4.78, 5) is 0. The van der Waals surface area contributed by atoms with Gasteiger partial charge in [-0.25, -0.2) is 0 Å². The van der Waals surface area contributed by atoms with E-state index in [-0.39, 0.29) is 5.02 Å². The minimum atomic E-state index is -4.45. The maximum absolute atomic E-state index is 12.2. The summed E-state index contributed by atoms with van der Waals surface area (Å²) in [5.74, 6) is 0. The van der Waals surface area contributed by atoms with Gasteiger partial charge in [-0.3, -0.25) is 0 Å². The lowest BCUT2D eigenvalue weighted by Gasteiger charge is -2.10. The van der Waals surface area contributed by atoms with Gasteiger partial charge in [-0.2, -0.15) is 13.2 Å². The van der Waals surface area contributed by atoms with Gasteiger partial charge in [0.2, 0.25) is 0 Å². The molecule has 0 radical (unpaired) electrons. The van der Waals surface area contributed by atoms with Gasteiger partial charge < -0.3 is 0 Å². The third-order valence-corrected chi connectivity index (χ3v) is 3.44. The fourth-order valence-corrected chi connectivity index (χ4v) is 1.79. The molecule has 0 aromatic heterocycles. The Morgan fingerprint density at radius 3 is 2.08 bits per heavy atom. The fourth-order valence-electron chi connectivity index (χ4n) is 0.745. The van der Waals surface area contributed by atoms with Crippen molar-refractivity contribution in [2.75, 3.05) is 0 Å². The summed E-state index contributed by atoms with van der Waals surface area (Å²) in [5.41, 5.74) is -0.903. The molecule has 0 aliphatic carbocycles. The van der Waals surface area contributed by atoms with Crippen LogP contribution < -0.4 is 0 Å². The topological polar surface area (TPSA) is 0 Å². The number of benzene rings is 1. The molecule has 0 aliphatic heterocycles. The second kappa shape index (κ2) is 3.82. The Morgan fingerprint density at radius 2 is 1.62 bits per heavy atom. The highest BCUT2D eigenvalue weighted by atomic mass is 127. The molecular weight excluding hydrogens is 339 g/mol. The van der Waals surface area contributed by atoms with E-state index in [4.69, 9.17) is 23.2 Å². The molecule has 1 aromatic rings. The first kappa shape index (κ1) is 11.4. The van der Waals surface area contributed by atoms with E-state index in [0.717, 1.165) is 6.07 Å². The third kappa shape index (κ3) is 2.41. The van der Waals surface area contributed by atoms with Crippen LogP contribution in [0, 0.1) is 3.57 Å². The van der Waals surface area contributed by atoms with Crippen molar-refractivity contribution < 1.29 is 13.2 Å². The summed E-state index contributed by atoms with van der Waals surface area (Å²) >= 11 is 12.8. The summed E-state index contributed by atoms with van der Waals surface area (Å²) < 4.78 is 37.1. The van der Waals surface area contributed by atoms with Crippen LogP contribution in [0.5, 0.6) is 0 Å². The van der Waals surface area contributed by atoms with Crippen molar-refractivity contribution in [2.24, 2.45) is 0 Å². The zero-order chi connectivity index (χ0) is 10.2. The lowest BCUT2D eigenvalue weighted by Crippen LogP contribution is -2.06. The van der Waals surface area contributed by atoms with Crippen LogP contribution in [0.4, 0.5) is 13.2 Å². The van der Waals surface area contributed by atoms with Crippen molar-refractivity contribution >= 4 is 45.8 Å². The molecule has 0 heterocycles. The van der Waals surface area contributed by atoms with E-state index in [1.807, 2.05) is 22.6 Å². The van der Waals surface area contributed by atoms with Gasteiger partial charge in [-0.15, -0.1) is 0 Å². The first-order valence-electron chi connectivity index (χ1n) is 3.04. The van der Waals surface area contributed by atoms with E-state index in [1.165, 1.54) is 6.07 Å². The summed E-state index contributed by atoms with van der Waals surface area (Å²) in [6, 6.07) is 2.19. The van der Waals surface area contributed by atoms with Gasteiger partial charge >= 0.3 is 6.18 Å². The van der Waals surface area contributed by atoms with Gasteiger partial charge in [-0.05, 0) is 34.7 Å². The largest absolute Gasteiger partial charge is 0.417 e. The molecule has 13 heavy (non-hydrogen) atoms. The lowest BCUT2D eigenvalue weighted by atomic mass is 10.2. The number of halogens is 6. The molecule has 0 aliphatic rings. The van der Waals surface area contributed by atoms with Crippen molar-refractivity contribution in [3.8, 4) is 0 Å². The van der Waals surface area contributed by atoms with E-state index >= 15 is 0 Å². The Hall–Kier alpha value is 0.320. The Balaban J connectivity index is 3.35. The average molecular weight is 341 g/mol. The molecule has 0 amide bonds. The number of rotatable bonds is 0. The van der Waals surface area contributed by atoms with Crippen LogP contribution in [0.15, 0.2) is 12.1 Å². The molecule has 0 fully saturated rings. The predicted octanol–water partition coefficient (Wildman–Crippen LogP) is 4.62. The standard InChI is InChI=1S/C7H2Cl2F3I/c8-5-3(7(10,11)12)1-2-4(13)6(5)9/h1-2H. The molecule has 0 N–H and O–H groups in total. The van der Waals surface area contributed by atoms with Crippen molar-refractivity contribution in [1.29, 1.82) is 0 Å². The van der Waals surface area contributed by atoms with Crippen LogP contribution in [-0.4, -0.2) is 0 Å². The first-order valence-corrected chi connectivity index (χ1v) is 4.88. The maximum Gasteiger partial charge on any atom is 0.417 e. The molecule has 0 saturated heterocycles. The minimum absolute atomic E-state index is 0.0582. The molecule has 1 rings (SSSR count). The minimum Gasteiger partial charge on any atom is -0.166 e. The highest BCUT2D eigenvalue weighted by Crippen LogP contribution is 2.39. The Labute approximate surface area is 96.2 Å². The molecule has 0 nitrogen and oxygen atoms in total. The van der Waals surface area contributed by atoms with Crippen molar-refractivity contribution in [3.63, 3.8) is 0 Å². The zero-order valence-electron chi connectivity index (χ0n) is 5.92. The fraction of sp³-hybridized carbons (Fsp3) is 0.143. The second-order valence-electron chi connectivity index (χ2n) is 2.22. The van der Waals surface area contributed by atoms with E-state index in [9.17, 15) is 13.2 Å². The maximum atomic E-state index is 12.2. The molecule has 0 saturated carbocycles. The van der Waals surface area contributed by atoms with Gasteiger partial charge in [0.15, 0.2) is 0 Å². The average Bonchev–Trinajstić information content (AvgIpc) is 1.98. The predicted molar refractivity (Wildman–Crippen MR) is 54.2 cm³/mol. The van der Waals surface area contributed by atoms with Crippen molar-refractivity contribution in [2.45, 2.75) is 6.18 Å². The van der Waals surface area contributed by atoms with Crippen LogP contribution in [-0.2, 0) is 6.18 Å². The number of hydrogen-bond donors (Lipinski definition) is 0. The van der Waals surface area contributed by atoms with Crippen LogP contribution in [0.2, 0.25) is 10.0 Å². The molecular formula is C7H2Cl2F3I. The lowest BCUT2D eigenvalue weighted by molar-refractivity contribution is -0.137. The Bertz CT molecular complexity index is 335. The smallest absolute Gasteiger partial charge is 0.166 e. The van der Waals surface area contributed by atoms with Crippen molar-refractivity contribution in [3.05, 3.63) is 31.3 Å². The van der Waals surface area contributed by atoms with Gasteiger partial charge in [-0.1, -0.05) is 23.2 Å². The van der Waals surface area contributed by atoms with Crippen molar-refractivity contribution in [1.82, 2.24) is 0 Å². The van der Waals surface area contributed by atoms with Gasteiger partial charge in [0.25, 0.3) is 0 Å². The summed E-state index contributed by atoms with van der Waals surface area (Å²) in [6.45, 7) is 0. The van der Waals surface area contributed by atoms with Gasteiger partial charge in [0, 0.05) is 3.57 Å². The zero-order valence-corrected chi connectivity index (χ0v) is 9.59. The molecule has 0 bridgehead atoms. The highest BCUT2D eigenvalue weighted by molar-refractivity contribution is 14.1. The summed E-state index contributed by atoms with van der Waals surface area (Å²) in [7, 11) is 0. The second-order valence-corrected chi connectivity index (χ2v) is 4.14. The molecule has 0 atom stereocenters. The molecule has 0 spiro atoms. The number of hydrogen-bond acceptors (Lipinski definition) is 0. The van der Waals surface area contributed by atoms with Gasteiger partial charge in [0.1, 0.15) is 0 Å². The summed E-state index contributed by atoms with van der Waals surface area (Å²) in [6.07, 6.45) is -4.45. The third-order valence-electron chi connectivity index (χ3n) is 1.34. The quantitative estimate of drug-likeness (QED) is 0.477. The first-order chi connectivity index (χ1) is 5.84. The normalized spacial score (nSPS) is 11.8. The molecule has 0 unspecified atom stereocenters. The van der Waals surface area contributed by atoms with E-state index in [0.29, 0.717) is 3.57 Å². The van der Waals surface area contributed by atoms with Crippen LogP contribution in [0.1, 0.15) is 5.56 Å². The van der Waals surface area contributed by atoms with E-state index in [1.54, 1.807) is 0 Å². The van der Waals surface area contributed by atoms with Crippen LogP contribution >= 0.6 is 45.8 Å². The molecule has 72 valence electrons. The molecule has 1 aromatic carbocycles. The number of alkyl halides is 3. The highest BCUT2D eigenvalue weighted by Gasteiger charge is 2.34. The van der Waals surface area contributed by atoms with E-state index < -0.39 is 16.8 Å². The molecule has 6 heteroatoms. The van der Waals surface area contributed by atoms with E-state index in [2.05, 4.69) is 0 Å². The monoisotopic (exact) mass is 340 g/mol. The van der Waals surface area contributed by atoms with Gasteiger partial charge in [0.05, 0.1) is 15.6 Å². The van der Waals surface area contributed by atoms with Crippen LogP contribution in [0.3, 0.4) is 0 Å².